The smallest absolute Gasteiger partial charge is 0.107 e. The molecule has 2 aromatic heterocycles. The third-order valence-electron chi connectivity index (χ3n) is 2.54. The third-order valence-corrected chi connectivity index (χ3v) is 3.57. The van der Waals surface area contributed by atoms with E-state index < -0.39 is 0 Å². The van der Waals surface area contributed by atoms with Crippen molar-refractivity contribution in [1.82, 2.24) is 15.3 Å². The van der Waals surface area contributed by atoms with Gasteiger partial charge in [-0.15, -0.1) is 11.3 Å². The molecule has 2 heterocycles. The van der Waals surface area contributed by atoms with Crippen LogP contribution in [0.4, 0.5) is 0 Å². The van der Waals surface area contributed by atoms with Crippen molar-refractivity contribution in [3.8, 4) is 10.6 Å². The summed E-state index contributed by atoms with van der Waals surface area (Å²) in [5, 5.41) is 4.64. The molecule has 0 saturated heterocycles. The van der Waals surface area contributed by atoms with E-state index in [-0.39, 0.29) is 0 Å². The van der Waals surface area contributed by atoms with Gasteiger partial charge in [-0.05, 0) is 25.0 Å². The highest BCUT2D eigenvalue weighted by Crippen LogP contribution is 2.25. The molecule has 3 rings (SSSR count). The van der Waals surface area contributed by atoms with E-state index in [0.29, 0.717) is 0 Å². The van der Waals surface area contributed by atoms with Crippen LogP contribution in [-0.4, -0.2) is 16.0 Å². The van der Waals surface area contributed by atoms with Crippen molar-refractivity contribution in [2.45, 2.75) is 25.4 Å². The van der Waals surface area contributed by atoms with Crippen molar-refractivity contribution in [1.29, 1.82) is 0 Å². The number of aromatic nitrogens is 2. The van der Waals surface area contributed by atoms with E-state index in [9.17, 15) is 0 Å². The molecule has 0 radical (unpaired) electrons. The first-order valence-corrected chi connectivity index (χ1v) is 6.05. The summed E-state index contributed by atoms with van der Waals surface area (Å²) < 4.78 is 0. The molecule has 1 aliphatic carbocycles. The number of thiazole rings is 1. The Balaban J connectivity index is 1.69. The fourth-order valence-electron chi connectivity index (χ4n) is 1.52. The SMILES string of the molecule is c1c[nH]c(-c2cnc(CNC3CC3)s2)c1. The topological polar surface area (TPSA) is 40.7 Å². The van der Waals surface area contributed by atoms with Crippen molar-refractivity contribution in [3.63, 3.8) is 0 Å². The van der Waals surface area contributed by atoms with Crippen LogP contribution in [0, 0.1) is 0 Å². The summed E-state index contributed by atoms with van der Waals surface area (Å²) in [6.07, 6.45) is 6.54. The number of rotatable bonds is 4. The number of hydrogen-bond donors (Lipinski definition) is 2. The predicted molar refractivity (Wildman–Crippen MR) is 61.8 cm³/mol. The lowest BCUT2D eigenvalue weighted by Gasteiger charge is -1.96. The van der Waals surface area contributed by atoms with E-state index in [1.807, 2.05) is 18.5 Å². The maximum absolute atomic E-state index is 4.41. The van der Waals surface area contributed by atoms with Crippen LogP contribution in [0.3, 0.4) is 0 Å². The summed E-state index contributed by atoms with van der Waals surface area (Å²) in [4.78, 5) is 8.82. The number of nitrogens with one attached hydrogen (secondary N) is 2. The standard InChI is InChI=1S/C11H13N3S/c1-2-9(12-5-1)10-6-14-11(15-10)7-13-8-3-4-8/h1-2,5-6,8,12-13H,3-4,7H2. The van der Waals surface area contributed by atoms with E-state index in [0.717, 1.165) is 18.3 Å². The van der Waals surface area contributed by atoms with Crippen molar-refractivity contribution >= 4 is 11.3 Å². The van der Waals surface area contributed by atoms with Crippen LogP contribution in [0.5, 0.6) is 0 Å². The predicted octanol–water partition coefficient (Wildman–Crippen LogP) is 2.39. The average Bonchev–Trinajstić information content (AvgIpc) is 2.78. The summed E-state index contributed by atoms with van der Waals surface area (Å²) >= 11 is 1.76. The third kappa shape index (κ3) is 2.11. The van der Waals surface area contributed by atoms with E-state index in [1.165, 1.54) is 22.7 Å². The van der Waals surface area contributed by atoms with Crippen LogP contribution in [-0.2, 0) is 6.54 Å². The minimum atomic E-state index is 0.753. The molecule has 1 fully saturated rings. The normalized spacial score (nSPS) is 15.7. The van der Waals surface area contributed by atoms with Gasteiger partial charge >= 0.3 is 0 Å². The first-order valence-electron chi connectivity index (χ1n) is 5.24. The number of hydrogen-bond acceptors (Lipinski definition) is 3. The summed E-state index contributed by atoms with van der Waals surface area (Å²) in [6, 6.07) is 4.84. The van der Waals surface area contributed by atoms with Gasteiger partial charge in [0.2, 0.25) is 0 Å². The van der Waals surface area contributed by atoms with Gasteiger partial charge in [-0.1, -0.05) is 0 Å². The highest BCUT2D eigenvalue weighted by atomic mass is 32.1. The molecule has 3 nitrogen and oxygen atoms in total. The van der Waals surface area contributed by atoms with Crippen LogP contribution >= 0.6 is 11.3 Å². The largest absolute Gasteiger partial charge is 0.360 e. The zero-order valence-corrected chi connectivity index (χ0v) is 9.18. The molecule has 0 bridgehead atoms. The van der Waals surface area contributed by atoms with Crippen molar-refractivity contribution < 1.29 is 0 Å². The van der Waals surface area contributed by atoms with Gasteiger partial charge in [-0.3, -0.25) is 0 Å². The zero-order valence-electron chi connectivity index (χ0n) is 8.36. The quantitative estimate of drug-likeness (QED) is 0.829. The van der Waals surface area contributed by atoms with Gasteiger partial charge in [0.15, 0.2) is 0 Å². The number of aromatic amines is 1. The van der Waals surface area contributed by atoms with Gasteiger partial charge in [0.05, 0.1) is 10.6 Å². The van der Waals surface area contributed by atoms with Gasteiger partial charge in [-0.2, -0.15) is 0 Å². The Morgan fingerprint density at radius 1 is 1.53 bits per heavy atom. The summed E-state index contributed by atoms with van der Waals surface area (Å²) in [5.74, 6) is 0. The monoisotopic (exact) mass is 219 g/mol. The summed E-state index contributed by atoms with van der Waals surface area (Å²) in [6.45, 7) is 0.913. The molecule has 1 saturated carbocycles. The van der Waals surface area contributed by atoms with E-state index in [1.54, 1.807) is 11.3 Å². The van der Waals surface area contributed by atoms with Gasteiger partial charge in [-0.25, -0.2) is 4.98 Å². The molecular formula is C11H13N3S. The second-order valence-corrected chi connectivity index (χ2v) is 4.97. The maximum Gasteiger partial charge on any atom is 0.107 e. The Kier molecular flexibility index (Phi) is 2.31. The molecule has 2 N–H and O–H groups in total. The van der Waals surface area contributed by atoms with Gasteiger partial charge < -0.3 is 10.3 Å². The van der Waals surface area contributed by atoms with Crippen LogP contribution in [0.2, 0.25) is 0 Å². The lowest BCUT2D eigenvalue weighted by Crippen LogP contribution is -2.14. The fourth-order valence-corrected chi connectivity index (χ4v) is 2.38. The van der Waals surface area contributed by atoms with Crippen molar-refractivity contribution in [2.24, 2.45) is 0 Å². The molecule has 0 unspecified atom stereocenters. The lowest BCUT2D eigenvalue weighted by atomic mass is 10.4. The number of H-pyrrole nitrogens is 1. The molecule has 78 valence electrons. The molecular weight excluding hydrogens is 206 g/mol. The molecule has 1 aliphatic rings. The van der Waals surface area contributed by atoms with Crippen LogP contribution < -0.4 is 5.32 Å². The number of nitrogens with zero attached hydrogens (tertiary/aromatic N) is 1. The van der Waals surface area contributed by atoms with Crippen LogP contribution in [0.25, 0.3) is 10.6 Å². The molecule has 0 amide bonds. The second-order valence-electron chi connectivity index (χ2n) is 3.86. The molecule has 2 aromatic rings. The van der Waals surface area contributed by atoms with Gasteiger partial charge in [0, 0.05) is 25.0 Å². The van der Waals surface area contributed by atoms with Crippen LogP contribution in [0.15, 0.2) is 24.5 Å². The Bertz CT molecular complexity index is 428. The van der Waals surface area contributed by atoms with Crippen molar-refractivity contribution in [3.05, 3.63) is 29.5 Å². The Hall–Kier alpha value is -1.13. The molecule has 15 heavy (non-hydrogen) atoms. The summed E-state index contributed by atoms with van der Waals surface area (Å²) in [7, 11) is 0. The second kappa shape index (κ2) is 3.79. The Morgan fingerprint density at radius 2 is 2.47 bits per heavy atom. The molecule has 0 atom stereocenters. The minimum Gasteiger partial charge on any atom is -0.360 e. The molecule has 0 aliphatic heterocycles. The highest BCUT2D eigenvalue weighted by Gasteiger charge is 2.20. The average molecular weight is 219 g/mol. The minimum absolute atomic E-state index is 0.753. The first-order chi connectivity index (χ1) is 7.42. The van der Waals surface area contributed by atoms with E-state index in [2.05, 4.69) is 21.4 Å². The Labute approximate surface area is 92.6 Å². The highest BCUT2D eigenvalue weighted by molar-refractivity contribution is 7.15. The first kappa shape index (κ1) is 9.12. The molecule has 0 spiro atoms. The van der Waals surface area contributed by atoms with Gasteiger partial charge in [0.25, 0.3) is 0 Å². The van der Waals surface area contributed by atoms with Gasteiger partial charge in [0.1, 0.15) is 5.01 Å². The lowest BCUT2D eigenvalue weighted by molar-refractivity contribution is 0.684. The Morgan fingerprint density at radius 3 is 3.20 bits per heavy atom. The van der Waals surface area contributed by atoms with Crippen molar-refractivity contribution in [2.75, 3.05) is 0 Å². The molecule has 0 aromatic carbocycles. The van der Waals surface area contributed by atoms with E-state index >= 15 is 0 Å². The maximum atomic E-state index is 4.41. The molecule has 4 heteroatoms. The fraction of sp³-hybridized carbons (Fsp3) is 0.364. The summed E-state index contributed by atoms with van der Waals surface area (Å²) in [5.41, 5.74) is 1.16. The zero-order chi connectivity index (χ0) is 10.1. The van der Waals surface area contributed by atoms with Crippen LogP contribution in [0.1, 0.15) is 17.8 Å². The van der Waals surface area contributed by atoms with E-state index in [4.69, 9.17) is 0 Å².